The number of sulfonamides is 1. The van der Waals surface area contributed by atoms with Crippen molar-refractivity contribution in [1.82, 2.24) is 16.2 Å². The molecule has 0 aliphatic carbocycles. The highest BCUT2D eigenvalue weighted by Crippen LogP contribution is 2.22. The number of thiocarbonyl (C=S) groups is 1. The highest BCUT2D eigenvalue weighted by molar-refractivity contribution is 7.94. The van der Waals surface area contributed by atoms with Gasteiger partial charge < -0.3 is 10.1 Å². The summed E-state index contributed by atoms with van der Waals surface area (Å²) in [6.07, 6.45) is 0.775. The molecule has 2 rings (SSSR count). The van der Waals surface area contributed by atoms with Crippen molar-refractivity contribution >= 4 is 50.3 Å². The summed E-state index contributed by atoms with van der Waals surface area (Å²) in [5.41, 5.74) is 5.38. The number of anilines is 1. The Morgan fingerprint density at radius 3 is 2.68 bits per heavy atom. The predicted molar refractivity (Wildman–Crippen MR) is 114 cm³/mol. The van der Waals surface area contributed by atoms with Gasteiger partial charge in [-0.2, -0.15) is 0 Å². The lowest BCUT2D eigenvalue weighted by atomic mass is 10.2. The zero-order chi connectivity index (χ0) is 20.4. The molecule has 0 aliphatic rings. The Morgan fingerprint density at radius 1 is 1.18 bits per heavy atom. The van der Waals surface area contributed by atoms with E-state index in [-0.39, 0.29) is 20.6 Å². The van der Waals surface area contributed by atoms with Gasteiger partial charge in [0.05, 0.1) is 11.3 Å². The second kappa shape index (κ2) is 11.0. The first kappa shape index (κ1) is 22.1. The minimum atomic E-state index is -3.76. The molecule has 0 fully saturated rings. The first-order valence-electron chi connectivity index (χ1n) is 8.51. The summed E-state index contributed by atoms with van der Waals surface area (Å²) in [5, 5.41) is 4.85. The molecule has 1 amide bonds. The normalized spacial score (nSPS) is 10.9. The van der Waals surface area contributed by atoms with Crippen LogP contribution in [0, 0.1) is 0 Å². The van der Waals surface area contributed by atoms with Crippen LogP contribution in [0.15, 0.2) is 46.0 Å². The molecule has 28 heavy (non-hydrogen) atoms. The third-order valence-corrected chi connectivity index (χ3v) is 6.43. The van der Waals surface area contributed by atoms with Gasteiger partial charge in [-0.1, -0.05) is 18.2 Å². The minimum absolute atomic E-state index is 0.161. The molecule has 0 saturated carbocycles. The predicted octanol–water partition coefficient (Wildman–Crippen LogP) is 2.08. The van der Waals surface area contributed by atoms with Crippen molar-refractivity contribution in [3.8, 4) is 0 Å². The first-order chi connectivity index (χ1) is 13.4. The number of thiophene rings is 1. The Labute approximate surface area is 173 Å². The molecule has 11 heteroatoms. The van der Waals surface area contributed by atoms with E-state index in [4.69, 9.17) is 17.0 Å². The van der Waals surface area contributed by atoms with Crippen molar-refractivity contribution in [3.05, 3.63) is 47.3 Å². The number of ether oxygens (including phenoxy) is 1. The molecule has 0 spiro atoms. The second-order valence-corrected chi connectivity index (χ2v) is 8.73. The number of amides is 1. The van der Waals surface area contributed by atoms with Gasteiger partial charge in [0.1, 0.15) is 4.21 Å². The molecule has 0 radical (unpaired) electrons. The average molecular weight is 443 g/mol. The molecule has 0 unspecified atom stereocenters. The monoisotopic (exact) mass is 442 g/mol. The van der Waals surface area contributed by atoms with Crippen LogP contribution >= 0.6 is 23.6 Å². The Balaban J connectivity index is 1.93. The topological polar surface area (TPSA) is 109 Å². The van der Waals surface area contributed by atoms with Crippen molar-refractivity contribution in [2.75, 3.05) is 24.5 Å². The van der Waals surface area contributed by atoms with E-state index < -0.39 is 15.9 Å². The molecule has 0 aliphatic heterocycles. The second-order valence-electron chi connectivity index (χ2n) is 5.47. The van der Waals surface area contributed by atoms with Crippen LogP contribution in [-0.4, -0.2) is 39.2 Å². The molecular formula is C17H22N4O4S3. The van der Waals surface area contributed by atoms with E-state index in [1.54, 1.807) is 23.6 Å². The van der Waals surface area contributed by atoms with Crippen LogP contribution in [-0.2, 0) is 14.8 Å². The fourth-order valence-electron chi connectivity index (χ4n) is 2.13. The fraction of sp³-hybridized carbons (Fsp3) is 0.294. The number of hydrogen-bond donors (Lipinski definition) is 4. The maximum Gasteiger partial charge on any atom is 0.271 e. The van der Waals surface area contributed by atoms with Gasteiger partial charge in [0, 0.05) is 19.8 Å². The van der Waals surface area contributed by atoms with E-state index in [1.165, 1.54) is 18.2 Å². The maximum absolute atomic E-state index is 12.4. The highest BCUT2D eigenvalue weighted by Gasteiger charge is 2.19. The number of hydrazine groups is 1. The van der Waals surface area contributed by atoms with E-state index in [0.29, 0.717) is 19.8 Å². The number of rotatable bonds is 9. The fourth-order valence-corrected chi connectivity index (χ4v) is 4.35. The van der Waals surface area contributed by atoms with Gasteiger partial charge in [0.2, 0.25) is 0 Å². The molecule has 0 bridgehead atoms. The van der Waals surface area contributed by atoms with Gasteiger partial charge in [0.25, 0.3) is 15.9 Å². The third kappa shape index (κ3) is 6.75. The summed E-state index contributed by atoms with van der Waals surface area (Å²) in [6.45, 7) is 3.80. The smallest absolute Gasteiger partial charge is 0.271 e. The summed E-state index contributed by atoms with van der Waals surface area (Å²) >= 11 is 6.18. The van der Waals surface area contributed by atoms with Crippen molar-refractivity contribution < 1.29 is 17.9 Å². The number of carbonyl (C=O) groups excluding carboxylic acids is 1. The summed E-state index contributed by atoms with van der Waals surface area (Å²) in [5.74, 6) is -0.525. The van der Waals surface area contributed by atoms with Crippen molar-refractivity contribution in [3.63, 3.8) is 0 Å². The van der Waals surface area contributed by atoms with Gasteiger partial charge in [-0.25, -0.2) is 8.42 Å². The maximum atomic E-state index is 12.4. The number of carbonyl (C=O) groups is 1. The lowest BCUT2D eigenvalue weighted by Gasteiger charge is -2.14. The molecule has 0 saturated heterocycles. The summed E-state index contributed by atoms with van der Waals surface area (Å²) < 4.78 is 32.6. The van der Waals surface area contributed by atoms with Crippen LogP contribution in [0.3, 0.4) is 0 Å². The number of nitrogens with one attached hydrogen (secondary N) is 4. The molecule has 2 aromatic rings. The molecule has 8 nitrogen and oxygen atoms in total. The molecule has 1 aromatic carbocycles. The Kier molecular flexibility index (Phi) is 8.64. The summed E-state index contributed by atoms with van der Waals surface area (Å²) in [7, 11) is -3.76. The molecule has 4 N–H and O–H groups in total. The third-order valence-electron chi connectivity index (χ3n) is 3.42. The van der Waals surface area contributed by atoms with E-state index >= 15 is 0 Å². The summed E-state index contributed by atoms with van der Waals surface area (Å²) in [4.78, 5) is 12.4. The van der Waals surface area contributed by atoms with Gasteiger partial charge >= 0.3 is 0 Å². The summed E-state index contributed by atoms with van der Waals surface area (Å²) in [6, 6.07) is 9.45. The zero-order valence-corrected chi connectivity index (χ0v) is 17.7. The molecular weight excluding hydrogens is 420 g/mol. The number of hydrogen-bond acceptors (Lipinski definition) is 6. The van der Waals surface area contributed by atoms with Gasteiger partial charge in [-0.3, -0.25) is 20.4 Å². The van der Waals surface area contributed by atoms with Crippen molar-refractivity contribution in [2.24, 2.45) is 0 Å². The van der Waals surface area contributed by atoms with E-state index in [1.807, 2.05) is 6.92 Å². The van der Waals surface area contributed by atoms with Crippen LogP contribution in [0.2, 0.25) is 0 Å². The van der Waals surface area contributed by atoms with E-state index in [0.717, 1.165) is 17.8 Å². The first-order valence-corrected chi connectivity index (χ1v) is 11.3. The van der Waals surface area contributed by atoms with Crippen LogP contribution in [0.1, 0.15) is 23.7 Å². The quantitative estimate of drug-likeness (QED) is 0.267. The van der Waals surface area contributed by atoms with Crippen LogP contribution in [0.25, 0.3) is 0 Å². The van der Waals surface area contributed by atoms with Crippen LogP contribution in [0.5, 0.6) is 0 Å². The molecule has 1 heterocycles. The number of benzene rings is 1. The van der Waals surface area contributed by atoms with Crippen molar-refractivity contribution in [2.45, 2.75) is 17.6 Å². The van der Waals surface area contributed by atoms with E-state index in [9.17, 15) is 13.2 Å². The van der Waals surface area contributed by atoms with Crippen molar-refractivity contribution in [1.29, 1.82) is 0 Å². The standard InChI is InChI=1S/C17H22N4O4S3/c1-2-25-11-6-10-18-17(26)20-19-16(22)13-7-3-4-8-14(13)21-28(23,24)15-9-5-12-27-15/h3-5,7-9,12,21H,2,6,10-11H2,1H3,(H,19,22)(H2,18,20,26). The molecule has 1 aromatic heterocycles. The zero-order valence-electron chi connectivity index (χ0n) is 15.2. The SMILES string of the molecule is CCOCCCNC(=S)NNC(=O)c1ccccc1NS(=O)(=O)c1cccs1. The molecule has 152 valence electrons. The lowest BCUT2D eigenvalue weighted by molar-refractivity contribution is 0.0944. The Morgan fingerprint density at radius 2 is 1.96 bits per heavy atom. The molecule has 0 atom stereocenters. The Bertz CT molecular complexity index is 886. The van der Waals surface area contributed by atoms with E-state index in [2.05, 4.69) is 20.9 Å². The minimum Gasteiger partial charge on any atom is -0.382 e. The van der Waals surface area contributed by atoms with Crippen LogP contribution < -0.4 is 20.9 Å². The Hall–Kier alpha value is -2.21. The van der Waals surface area contributed by atoms with Gasteiger partial charge in [-0.05, 0) is 49.1 Å². The van der Waals surface area contributed by atoms with Gasteiger partial charge in [-0.15, -0.1) is 11.3 Å². The highest BCUT2D eigenvalue weighted by atomic mass is 32.2. The number of para-hydroxylation sites is 1. The van der Waals surface area contributed by atoms with Gasteiger partial charge in [0.15, 0.2) is 5.11 Å². The lowest BCUT2D eigenvalue weighted by Crippen LogP contribution is -2.47. The largest absolute Gasteiger partial charge is 0.382 e. The average Bonchev–Trinajstić information content (AvgIpc) is 3.22. The van der Waals surface area contributed by atoms with Crippen LogP contribution in [0.4, 0.5) is 5.69 Å².